The van der Waals surface area contributed by atoms with E-state index in [4.69, 9.17) is 5.11 Å². The predicted octanol–water partition coefficient (Wildman–Crippen LogP) is 2.21. The number of rotatable bonds is 8. The molecule has 31 heavy (non-hydrogen) atoms. The van der Waals surface area contributed by atoms with Crippen molar-refractivity contribution < 1.29 is 26.7 Å². The molecule has 1 aliphatic carbocycles. The normalized spacial score (nSPS) is 19.4. The molecule has 3 N–H and O–H groups in total. The first-order chi connectivity index (χ1) is 14.7. The van der Waals surface area contributed by atoms with Gasteiger partial charge in [0.1, 0.15) is 0 Å². The van der Waals surface area contributed by atoms with Crippen molar-refractivity contribution in [3.8, 4) is 0 Å². The molecule has 1 aromatic rings. The van der Waals surface area contributed by atoms with Crippen LogP contribution in [0.2, 0.25) is 0 Å². The van der Waals surface area contributed by atoms with Gasteiger partial charge in [0.05, 0.1) is 9.79 Å². The average Bonchev–Trinajstić information content (AvgIpc) is 2.77. The number of carboxylic acid groups (broad SMARTS) is 1. The molecule has 0 spiro atoms. The topological polar surface area (TPSA) is 133 Å². The van der Waals surface area contributed by atoms with Crippen molar-refractivity contribution in [3.05, 3.63) is 24.3 Å². The minimum atomic E-state index is -3.88. The second-order valence-corrected chi connectivity index (χ2v) is 11.9. The van der Waals surface area contributed by atoms with E-state index in [1.54, 1.807) is 0 Å². The number of hydrogen-bond acceptors (Lipinski definition) is 5. The zero-order valence-corrected chi connectivity index (χ0v) is 19.1. The van der Waals surface area contributed by atoms with E-state index in [9.17, 15) is 21.6 Å². The van der Waals surface area contributed by atoms with Crippen molar-refractivity contribution in [3.63, 3.8) is 0 Å². The zero-order chi connectivity index (χ0) is 22.5. The van der Waals surface area contributed by atoms with Crippen molar-refractivity contribution in [2.45, 2.75) is 54.7 Å². The molecule has 1 amide bonds. The molecule has 1 heterocycles. The fraction of sp³-hybridized carbons (Fsp3) is 0.650. The summed E-state index contributed by atoms with van der Waals surface area (Å²) in [5.74, 6) is 0.360. The standard InChI is InChI=1S/C20H31N3O6S2/c24-20(25)23-11-9-17(10-12-23)15-22-31(28,29)19-8-4-7-18(13-19)30(26,27)21-14-16-5-2-1-3-6-16/h4,7-8,13,16-17,21-22H,1-3,5-6,9-12,14-15H2,(H,24,25). The monoisotopic (exact) mass is 473 g/mol. The van der Waals surface area contributed by atoms with Gasteiger partial charge in [-0.3, -0.25) is 0 Å². The molecule has 1 aromatic carbocycles. The summed E-state index contributed by atoms with van der Waals surface area (Å²) in [6, 6.07) is 5.37. The molecular formula is C20H31N3O6S2. The van der Waals surface area contributed by atoms with E-state index in [-0.39, 0.29) is 22.3 Å². The minimum absolute atomic E-state index is 0.0365. The van der Waals surface area contributed by atoms with Gasteiger partial charge in [-0.2, -0.15) is 0 Å². The Morgan fingerprint density at radius 1 is 0.871 bits per heavy atom. The summed E-state index contributed by atoms with van der Waals surface area (Å²) in [5.41, 5.74) is 0. The number of nitrogens with one attached hydrogen (secondary N) is 2. The number of carbonyl (C=O) groups is 1. The molecule has 1 aliphatic heterocycles. The van der Waals surface area contributed by atoms with E-state index in [0.717, 1.165) is 25.7 Å². The molecule has 0 atom stereocenters. The molecule has 0 bridgehead atoms. The van der Waals surface area contributed by atoms with Crippen LogP contribution in [0.5, 0.6) is 0 Å². The van der Waals surface area contributed by atoms with E-state index in [0.29, 0.717) is 38.4 Å². The Bertz CT molecular complexity index is 966. The third-order valence-electron chi connectivity index (χ3n) is 6.16. The lowest BCUT2D eigenvalue weighted by molar-refractivity contribution is 0.125. The highest BCUT2D eigenvalue weighted by Gasteiger charge is 2.25. The fourth-order valence-electron chi connectivity index (χ4n) is 4.15. The second-order valence-electron chi connectivity index (χ2n) is 8.40. The molecule has 1 saturated carbocycles. The number of amides is 1. The number of benzene rings is 1. The Kier molecular flexibility index (Phi) is 7.95. The van der Waals surface area contributed by atoms with Crippen LogP contribution in [0.4, 0.5) is 4.79 Å². The Balaban J connectivity index is 1.59. The summed E-state index contributed by atoms with van der Waals surface area (Å²) in [4.78, 5) is 12.1. The maximum atomic E-state index is 12.7. The van der Waals surface area contributed by atoms with Crippen molar-refractivity contribution in [1.82, 2.24) is 14.3 Å². The van der Waals surface area contributed by atoms with E-state index in [1.165, 1.54) is 35.6 Å². The van der Waals surface area contributed by atoms with Gasteiger partial charge in [0.25, 0.3) is 0 Å². The molecular weight excluding hydrogens is 442 g/mol. The molecule has 2 fully saturated rings. The smallest absolute Gasteiger partial charge is 0.407 e. The van der Waals surface area contributed by atoms with E-state index < -0.39 is 26.1 Å². The average molecular weight is 474 g/mol. The van der Waals surface area contributed by atoms with Crippen LogP contribution in [0.3, 0.4) is 0 Å². The number of piperidine rings is 1. The minimum Gasteiger partial charge on any atom is -0.465 e. The van der Waals surface area contributed by atoms with Gasteiger partial charge in [-0.15, -0.1) is 0 Å². The number of sulfonamides is 2. The lowest BCUT2D eigenvalue weighted by Crippen LogP contribution is -2.40. The largest absolute Gasteiger partial charge is 0.465 e. The van der Waals surface area contributed by atoms with Crippen LogP contribution in [0.15, 0.2) is 34.1 Å². The molecule has 2 aliphatic rings. The Morgan fingerprint density at radius 3 is 1.84 bits per heavy atom. The summed E-state index contributed by atoms with van der Waals surface area (Å²) in [6.07, 6.45) is 5.62. The molecule has 0 radical (unpaired) electrons. The van der Waals surface area contributed by atoms with Crippen molar-refractivity contribution in [2.75, 3.05) is 26.2 Å². The summed E-state index contributed by atoms with van der Waals surface area (Å²) >= 11 is 0. The van der Waals surface area contributed by atoms with Gasteiger partial charge in [-0.25, -0.2) is 31.1 Å². The number of hydrogen-bond donors (Lipinski definition) is 3. The van der Waals surface area contributed by atoms with Crippen LogP contribution in [-0.4, -0.2) is 59.1 Å². The number of nitrogens with zero attached hydrogens (tertiary/aromatic N) is 1. The third-order valence-corrected chi connectivity index (χ3v) is 9.00. The highest BCUT2D eigenvalue weighted by atomic mass is 32.2. The van der Waals surface area contributed by atoms with Crippen LogP contribution < -0.4 is 9.44 Å². The first-order valence-corrected chi connectivity index (χ1v) is 13.7. The van der Waals surface area contributed by atoms with Gasteiger partial charge in [0.15, 0.2) is 0 Å². The second kappa shape index (κ2) is 10.3. The predicted molar refractivity (Wildman–Crippen MR) is 116 cm³/mol. The molecule has 11 heteroatoms. The quantitative estimate of drug-likeness (QED) is 0.530. The molecule has 174 valence electrons. The summed E-state index contributed by atoms with van der Waals surface area (Å²) in [7, 11) is -7.68. The SMILES string of the molecule is O=C(O)N1CCC(CNS(=O)(=O)c2cccc(S(=O)(=O)NCC3CCCCC3)c2)CC1. The van der Waals surface area contributed by atoms with Gasteiger partial charge in [0.2, 0.25) is 20.0 Å². The third kappa shape index (κ3) is 6.64. The summed E-state index contributed by atoms with van der Waals surface area (Å²) in [5, 5.41) is 9.00. The fourth-order valence-corrected chi connectivity index (χ4v) is 6.55. The van der Waals surface area contributed by atoms with Crippen LogP contribution in [-0.2, 0) is 20.0 Å². The maximum absolute atomic E-state index is 12.7. The Labute approximate surface area is 184 Å². The highest BCUT2D eigenvalue weighted by Crippen LogP contribution is 2.24. The van der Waals surface area contributed by atoms with Crippen molar-refractivity contribution in [1.29, 1.82) is 0 Å². The van der Waals surface area contributed by atoms with E-state index in [2.05, 4.69) is 9.44 Å². The Hall–Kier alpha value is -1.69. The highest BCUT2D eigenvalue weighted by molar-refractivity contribution is 7.90. The maximum Gasteiger partial charge on any atom is 0.407 e. The summed E-state index contributed by atoms with van der Waals surface area (Å²) < 4.78 is 55.9. The van der Waals surface area contributed by atoms with Crippen LogP contribution in [0, 0.1) is 11.8 Å². The molecule has 9 nitrogen and oxygen atoms in total. The van der Waals surface area contributed by atoms with Crippen molar-refractivity contribution in [2.24, 2.45) is 11.8 Å². The number of likely N-dealkylation sites (tertiary alicyclic amines) is 1. The molecule has 0 unspecified atom stereocenters. The van der Waals surface area contributed by atoms with Gasteiger partial charge >= 0.3 is 6.09 Å². The lowest BCUT2D eigenvalue weighted by Gasteiger charge is -2.29. The van der Waals surface area contributed by atoms with Crippen LogP contribution >= 0.6 is 0 Å². The molecule has 1 saturated heterocycles. The first kappa shape index (κ1) is 24.0. The summed E-state index contributed by atoms with van der Waals surface area (Å²) in [6.45, 7) is 1.31. The molecule has 3 rings (SSSR count). The van der Waals surface area contributed by atoms with Gasteiger partial charge < -0.3 is 10.0 Å². The first-order valence-electron chi connectivity index (χ1n) is 10.7. The van der Waals surface area contributed by atoms with Crippen LogP contribution in [0.25, 0.3) is 0 Å². The van der Waals surface area contributed by atoms with E-state index in [1.807, 2.05) is 0 Å². The van der Waals surface area contributed by atoms with Gasteiger partial charge in [0, 0.05) is 26.2 Å². The van der Waals surface area contributed by atoms with Gasteiger partial charge in [-0.05, 0) is 55.7 Å². The van der Waals surface area contributed by atoms with Crippen LogP contribution in [0.1, 0.15) is 44.9 Å². The van der Waals surface area contributed by atoms with Crippen molar-refractivity contribution >= 4 is 26.1 Å². The van der Waals surface area contributed by atoms with E-state index >= 15 is 0 Å². The lowest BCUT2D eigenvalue weighted by atomic mass is 9.90. The molecule has 0 aromatic heterocycles. The Morgan fingerprint density at radius 2 is 1.35 bits per heavy atom. The van der Waals surface area contributed by atoms with Gasteiger partial charge in [-0.1, -0.05) is 25.3 Å². The zero-order valence-electron chi connectivity index (χ0n) is 17.5.